The van der Waals surface area contributed by atoms with E-state index >= 15 is 0 Å². The molecule has 2 aromatic carbocycles. The molecule has 0 bridgehead atoms. The number of nitrogens with zero attached hydrogens (tertiary/aromatic N) is 2. The Morgan fingerprint density at radius 3 is 1.14 bits per heavy atom. The van der Waals surface area contributed by atoms with Gasteiger partial charge in [0, 0.05) is 12.1 Å². The van der Waals surface area contributed by atoms with Crippen LogP contribution in [-0.2, 0) is 0 Å². The molecular formula is C16H12F4N2. The standard InChI is InChI=1S/C16H12F4N2/c1-9(21-15-5-11(17)3-12(18)6-15)10(2)22-16-7-13(19)4-14(20)8-16/h3-8H,1-2H3. The Morgan fingerprint density at radius 1 is 0.591 bits per heavy atom. The SMILES string of the molecule is CC(=Nc1cc(F)cc(F)c1)C(C)=Nc1cc(F)cc(F)c1. The number of aliphatic imine (C=N–C) groups is 2. The van der Waals surface area contributed by atoms with E-state index in [1.807, 2.05) is 0 Å². The highest BCUT2D eigenvalue weighted by Crippen LogP contribution is 2.19. The van der Waals surface area contributed by atoms with Crippen LogP contribution in [0.1, 0.15) is 13.8 Å². The lowest BCUT2D eigenvalue weighted by molar-refractivity contribution is 0.583. The largest absolute Gasteiger partial charge is 0.252 e. The minimum absolute atomic E-state index is 0.0926. The average molecular weight is 308 g/mol. The molecule has 0 aliphatic heterocycles. The molecule has 0 saturated carbocycles. The molecule has 0 atom stereocenters. The van der Waals surface area contributed by atoms with Crippen molar-refractivity contribution in [2.45, 2.75) is 13.8 Å². The number of hydrogen-bond donors (Lipinski definition) is 0. The van der Waals surface area contributed by atoms with Crippen molar-refractivity contribution in [3.8, 4) is 0 Å². The first kappa shape index (κ1) is 15.9. The zero-order chi connectivity index (χ0) is 16.3. The van der Waals surface area contributed by atoms with Crippen LogP contribution in [0.2, 0.25) is 0 Å². The van der Waals surface area contributed by atoms with Gasteiger partial charge in [-0.05, 0) is 38.1 Å². The van der Waals surface area contributed by atoms with E-state index in [1.54, 1.807) is 13.8 Å². The van der Waals surface area contributed by atoms with Gasteiger partial charge >= 0.3 is 0 Å². The summed E-state index contributed by atoms with van der Waals surface area (Å²) in [5.74, 6) is -2.97. The number of rotatable bonds is 3. The molecule has 0 amide bonds. The van der Waals surface area contributed by atoms with E-state index in [9.17, 15) is 17.6 Å². The molecule has 6 heteroatoms. The Balaban J connectivity index is 2.32. The van der Waals surface area contributed by atoms with Crippen LogP contribution in [0, 0.1) is 23.3 Å². The van der Waals surface area contributed by atoms with Gasteiger partial charge in [-0.3, -0.25) is 9.98 Å². The van der Waals surface area contributed by atoms with Crippen molar-refractivity contribution in [2.24, 2.45) is 9.98 Å². The van der Waals surface area contributed by atoms with Crippen LogP contribution in [-0.4, -0.2) is 11.4 Å². The summed E-state index contributed by atoms with van der Waals surface area (Å²) < 4.78 is 52.4. The Labute approximate surface area is 124 Å². The third kappa shape index (κ3) is 4.25. The van der Waals surface area contributed by atoms with Crippen molar-refractivity contribution in [1.29, 1.82) is 0 Å². The molecule has 0 aliphatic carbocycles. The molecule has 0 unspecified atom stereocenters. The van der Waals surface area contributed by atoms with Crippen LogP contribution >= 0.6 is 0 Å². The normalized spacial score (nSPS) is 12.6. The first-order valence-electron chi connectivity index (χ1n) is 6.36. The Kier molecular flexibility index (Phi) is 4.70. The second kappa shape index (κ2) is 6.51. The molecule has 114 valence electrons. The third-order valence-corrected chi connectivity index (χ3v) is 2.81. The molecule has 0 fully saturated rings. The predicted octanol–water partition coefficient (Wildman–Crippen LogP) is 5.13. The molecule has 22 heavy (non-hydrogen) atoms. The summed E-state index contributed by atoms with van der Waals surface area (Å²) in [4.78, 5) is 8.08. The van der Waals surface area contributed by atoms with Crippen molar-refractivity contribution in [2.75, 3.05) is 0 Å². The van der Waals surface area contributed by atoms with Crippen LogP contribution in [0.15, 0.2) is 46.4 Å². The zero-order valence-electron chi connectivity index (χ0n) is 11.9. The van der Waals surface area contributed by atoms with Gasteiger partial charge in [-0.1, -0.05) is 0 Å². The van der Waals surface area contributed by atoms with Gasteiger partial charge in [-0.25, -0.2) is 17.6 Å². The van der Waals surface area contributed by atoms with E-state index in [1.165, 1.54) is 0 Å². The maximum atomic E-state index is 13.1. The van der Waals surface area contributed by atoms with Crippen LogP contribution < -0.4 is 0 Å². The fraction of sp³-hybridized carbons (Fsp3) is 0.125. The van der Waals surface area contributed by atoms with Crippen molar-refractivity contribution >= 4 is 22.8 Å². The van der Waals surface area contributed by atoms with Crippen LogP contribution in [0.3, 0.4) is 0 Å². The van der Waals surface area contributed by atoms with Crippen LogP contribution in [0.4, 0.5) is 28.9 Å². The highest BCUT2D eigenvalue weighted by Gasteiger charge is 2.04. The molecule has 2 rings (SSSR count). The van der Waals surface area contributed by atoms with Crippen LogP contribution in [0.5, 0.6) is 0 Å². The van der Waals surface area contributed by atoms with Gasteiger partial charge in [-0.15, -0.1) is 0 Å². The molecule has 2 nitrogen and oxygen atoms in total. The molecule has 0 N–H and O–H groups in total. The van der Waals surface area contributed by atoms with Crippen molar-refractivity contribution in [3.05, 3.63) is 59.7 Å². The van der Waals surface area contributed by atoms with E-state index < -0.39 is 23.3 Å². The first-order valence-corrected chi connectivity index (χ1v) is 6.36. The molecule has 2 aromatic rings. The van der Waals surface area contributed by atoms with Gasteiger partial charge < -0.3 is 0 Å². The number of hydrogen-bond acceptors (Lipinski definition) is 2. The highest BCUT2D eigenvalue weighted by atomic mass is 19.1. The summed E-state index contributed by atoms with van der Waals surface area (Å²) >= 11 is 0. The Hall–Kier alpha value is -2.50. The number of halogens is 4. The molecule has 0 saturated heterocycles. The summed E-state index contributed by atoms with van der Waals surface area (Å²) in [7, 11) is 0. The molecular weight excluding hydrogens is 296 g/mol. The van der Waals surface area contributed by atoms with Gasteiger partial charge in [0.15, 0.2) is 0 Å². The molecule has 0 spiro atoms. The summed E-state index contributed by atoms with van der Waals surface area (Å²) in [6, 6.07) is 5.77. The van der Waals surface area contributed by atoms with E-state index in [-0.39, 0.29) is 11.4 Å². The molecule has 0 aliphatic rings. The lowest BCUT2D eigenvalue weighted by Gasteiger charge is -2.02. The Bertz CT molecular complexity index is 661. The summed E-state index contributed by atoms with van der Waals surface area (Å²) in [6.07, 6.45) is 0. The van der Waals surface area contributed by atoms with Crippen molar-refractivity contribution in [1.82, 2.24) is 0 Å². The van der Waals surface area contributed by atoms with E-state index in [0.29, 0.717) is 11.4 Å². The van der Waals surface area contributed by atoms with Crippen molar-refractivity contribution < 1.29 is 17.6 Å². The van der Waals surface area contributed by atoms with Gasteiger partial charge in [-0.2, -0.15) is 0 Å². The summed E-state index contributed by atoms with van der Waals surface area (Å²) in [6.45, 7) is 3.16. The van der Waals surface area contributed by atoms with Gasteiger partial charge in [0.05, 0.1) is 22.8 Å². The van der Waals surface area contributed by atoms with Crippen molar-refractivity contribution in [3.63, 3.8) is 0 Å². The monoisotopic (exact) mass is 308 g/mol. The second-order valence-electron chi connectivity index (χ2n) is 4.65. The molecule has 0 heterocycles. The lowest BCUT2D eigenvalue weighted by Crippen LogP contribution is -2.04. The number of benzene rings is 2. The van der Waals surface area contributed by atoms with Gasteiger partial charge in [0.2, 0.25) is 0 Å². The Morgan fingerprint density at radius 2 is 0.864 bits per heavy atom. The van der Waals surface area contributed by atoms with Gasteiger partial charge in [0.1, 0.15) is 23.3 Å². The fourth-order valence-corrected chi connectivity index (χ4v) is 1.76. The maximum absolute atomic E-state index is 13.1. The zero-order valence-corrected chi connectivity index (χ0v) is 11.9. The highest BCUT2D eigenvalue weighted by molar-refractivity contribution is 6.41. The topological polar surface area (TPSA) is 24.7 Å². The lowest BCUT2D eigenvalue weighted by atomic mass is 10.2. The van der Waals surface area contributed by atoms with E-state index in [2.05, 4.69) is 9.98 Å². The quantitative estimate of drug-likeness (QED) is 0.555. The second-order valence-corrected chi connectivity index (χ2v) is 4.65. The first-order chi connectivity index (χ1) is 10.3. The smallest absolute Gasteiger partial charge is 0.128 e. The minimum atomic E-state index is -0.742. The van der Waals surface area contributed by atoms with E-state index in [4.69, 9.17) is 0 Å². The summed E-state index contributed by atoms with van der Waals surface area (Å²) in [5.41, 5.74) is 0.925. The van der Waals surface area contributed by atoms with Gasteiger partial charge in [0.25, 0.3) is 0 Å². The minimum Gasteiger partial charge on any atom is -0.252 e. The fourth-order valence-electron chi connectivity index (χ4n) is 1.76. The predicted molar refractivity (Wildman–Crippen MR) is 78.3 cm³/mol. The van der Waals surface area contributed by atoms with E-state index in [0.717, 1.165) is 36.4 Å². The summed E-state index contributed by atoms with van der Waals surface area (Å²) in [5, 5.41) is 0. The van der Waals surface area contributed by atoms with Crippen LogP contribution in [0.25, 0.3) is 0 Å². The average Bonchev–Trinajstić information content (AvgIpc) is 2.35. The molecule has 0 radical (unpaired) electrons. The maximum Gasteiger partial charge on any atom is 0.128 e. The molecule has 0 aromatic heterocycles. The third-order valence-electron chi connectivity index (χ3n) is 2.81.